The molecule has 1 aromatic heterocycles. The number of thiocarbonyl (C=S) groups is 1. The molecule has 98 valence electrons. The van der Waals surface area contributed by atoms with Gasteiger partial charge in [0, 0.05) is 5.02 Å². The number of aryl methyl sites for hydroxylation is 2. The van der Waals surface area contributed by atoms with E-state index in [2.05, 4.69) is 9.97 Å². The topological polar surface area (TPSA) is 61.0 Å². The van der Waals surface area contributed by atoms with Gasteiger partial charge in [-0.1, -0.05) is 23.8 Å². The zero-order valence-electron chi connectivity index (χ0n) is 10.5. The maximum absolute atomic E-state index is 5.97. The molecule has 0 saturated carbocycles. The van der Waals surface area contributed by atoms with Gasteiger partial charge in [0.05, 0.1) is 12.4 Å². The van der Waals surface area contributed by atoms with Gasteiger partial charge in [-0.2, -0.15) is 0 Å². The average Bonchev–Trinajstić information content (AvgIpc) is 2.34. The Morgan fingerprint density at radius 1 is 1.21 bits per heavy atom. The molecule has 0 aliphatic carbocycles. The van der Waals surface area contributed by atoms with Crippen LogP contribution in [-0.4, -0.2) is 15.0 Å². The molecule has 1 heterocycles. The smallest absolute Gasteiger partial charge is 0.237 e. The molecule has 6 heteroatoms. The highest BCUT2D eigenvalue weighted by Crippen LogP contribution is 2.30. The van der Waals surface area contributed by atoms with Crippen molar-refractivity contribution in [3.63, 3.8) is 0 Å². The predicted molar refractivity (Wildman–Crippen MR) is 78.9 cm³/mol. The molecule has 2 N–H and O–H groups in total. The van der Waals surface area contributed by atoms with Crippen molar-refractivity contribution in [2.24, 2.45) is 5.73 Å². The van der Waals surface area contributed by atoms with E-state index < -0.39 is 0 Å². The third-order valence-electron chi connectivity index (χ3n) is 2.51. The molecule has 0 radical (unpaired) electrons. The maximum Gasteiger partial charge on any atom is 0.237 e. The molecular formula is C13H12ClN3OS. The lowest BCUT2D eigenvalue weighted by molar-refractivity contribution is 0.453. The Balaban J connectivity index is 2.29. The van der Waals surface area contributed by atoms with Gasteiger partial charge in [-0.25, -0.2) is 9.97 Å². The minimum Gasteiger partial charge on any atom is -0.437 e. The first-order chi connectivity index (χ1) is 8.97. The van der Waals surface area contributed by atoms with Crippen LogP contribution in [0.25, 0.3) is 0 Å². The van der Waals surface area contributed by atoms with E-state index in [9.17, 15) is 0 Å². The van der Waals surface area contributed by atoms with Crippen molar-refractivity contribution in [2.45, 2.75) is 13.8 Å². The molecule has 0 bridgehead atoms. The van der Waals surface area contributed by atoms with Crippen molar-refractivity contribution in [1.29, 1.82) is 0 Å². The molecule has 4 nitrogen and oxygen atoms in total. The number of aromatic nitrogens is 2. The monoisotopic (exact) mass is 293 g/mol. The SMILES string of the molecule is Cc1cc(Cl)cc(C)c1Oc1cnc(C(N)=S)cn1. The summed E-state index contributed by atoms with van der Waals surface area (Å²) in [7, 11) is 0. The fraction of sp³-hybridized carbons (Fsp3) is 0.154. The molecular weight excluding hydrogens is 282 g/mol. The molecule has 19 heavy (non-hydrogen) atoms. The highest BCUT2D eigenvalue weighted by atomic mass is 35.5. The molecule has 1 aromatic carbocycles. The minimum absolute atomic E-state index is 0.206. The highest BCUT2D eigenvalue weighted by molar-refractivity contribution is 7.80. The number of rotatable bonds is 3. The van der Waals surface area contributed by atoms with E-state index >= 15 is 0 Å². The molecule has 0 amide bonds. The number of nitrogens with zero attached hydrogens (tertiary/aromatic N) is 2. The van der Waals surface area contributed by atoms with E-state index in [4.69, 9.17) is 34.3 Å². The first-order valence-corrected chi connectivity index (χ1v) is 6.32. The largest absolute Gasteiger partial charge is 0.437 e. The summed E-state index contributed by atoms with van der Waals surface area (Å²) >= 11 is 10.8. The fourth-order valence-corrected chi connectivity index (χ4v) is 2.09. The molecule has 0 fully saturated rings. The van der Waals surface area contributed by atoms with Crippen LogP contribution in [-0.2, 0) is 0 Å². The van der Waals surface area contributed by atoms with Gasteiger partial charge >= 0.3 is 0 Å². The lowest BCUT2D eigenvalue weighted by Crippen LogP contribution is -2.11. The van der Waals surface area contributed by atoms with Gasteiger partial charge in [-0.05, 0) is 37.1 Å². The summed E-state index contributed by atoms with van der Waals surface area (Å²) in [5.41, 5.74) is 7.79. The number of halogens is 1. The second kappa shape index (κ2) is 5.50. The number of hydrogen-bond acceptors (Lipinski definition) is 4. The predicted octanol–water partition coefficient (Wildman–Crippen LogP) is 3.17. The van der Waals surface area contributed by atoms with Crippen molar-refractivity contribution in [3.8, 4) is 11.6 Å². The molecule has 0 unspecified atom stereocenters. The van der Waals surface area contributed by atoms with Crippen LogP contribution < -0.4 is 10.5 Å². The van der Waals surface area contributed by atoms with Crippen molar-refractivity contribution >= 4 is 28.8 Å². The molecule has 2 aromatic rings. The third kappa shape index (κ3) is 3.19. The third-order valence-corrected chi connectivity index (χ3v) is 2.94. The summed E-state index contributed by atoms with van der Waals surface area (Å²) in [5, 5.41) is 0.678. The fourth-order valence-electron chi connectivity index (χ4n) is 1.66. The van der Waals surface area contributed by atoms with Gasteiger partial charge < -0.3 is 10.5 Å². The Morgan fingerprint density at radius 3 is 2.32 bits per heavy atom. The van der Waals surface area contributed by atoms with Crippen molar-refractivity contribution in [3.05, 3.63) is 46.4 Å². The molecule has 0 spiro atoms. The molecule has 0 aliphatic rings. The summed E-state index contributed by atoms with van der Waals surface area (Å²) < 4.78 is 5.71. The Bertz CT molecular complexity index is 605. The van der Waals surface area contributed by atoms with E-state index in [1.54, 1.807) is 0 Å². The van der Waals surface area contributed by atoms with E-state index in [-0.39, 0.29) is 4.99 Å². The highest BCUT2D eigenvalue weighted by Gasteiger charge is 2.08. The van der Waals surface area contributed by atoms with Crippen LogP contribution in [0.1, 0.15) is 16.8 Å². The van der Waals surface area contributed by atoms with Crippen LogP contribution in [0.5, 0.6) is 11.6 Å². The first-order valence-electron chi connectivity index (χ1n) is 5.54. The second-order valence-electron chi connectivity index (χ2n) is 4.07. The van der Waals surface area contributed by atoms with Gasteiger partial charge in [0.2, 0.25) is 5.88 Å². The first kappa shape index (κ1) is 13.7. The van der Waals surface area contributed by atoms with Crippen molar-refractivity contribution in [1.82, 2.24) is 9.97 Å². The summed E-state index contributed by atoms with van der Waals surface area (Å²) in [5.74, 6) is 1.11. The lowest BCUT2D eigenvalue weighted by atomic mass is 10.1. The Hall–Kier alpha value is -1.72. The zero-order chi connectivity index (χ0) is 14.0. The molecule has 2 rings (SSSR count). The van der Waals surface area contributed by atoms with Crippen LogP contribution in [0, 0.1) is 13.8 Å². The van der Waals surface area contributed by atoms with Gasteiger partial charge in [0.25, 0.3) is 0 Å². The molecule has 0 saturated heterocycles. The van der Waals surface area contributed by atoms with E-state index in [1.165, 1.54) is 12.4 Å². The van der Waals surface area contributed by atoms with Gasteiger partial charge in [-0.15, -0.1) is 0 Å². The quantitative estimate of drug-likeness (QED) is 0.881. The standard InChI is InChI=1S/C13H12ClN3OS/c1-7-3-9(14)4-8(2)12(7)18-11-6-16-10(5-17-11)13(15)19/h3-6H,1-2H3,(H2,15,19). The summed E-state index contributed by atoms with van der Waals surface area (Å²) in [6.45, 7) is 3.84. The van der Waals surface area contributed by atoms with Gasteiger partial charge in [-0.3, -0.25) is 0 Å². The van der Waals surface area contributed by atoms with Crippen LogP contribution in [0.15, 0.2) is 24.5 Å². The van der Waals surface area contributed by atoms with Crippen molar-refractivity contribution < 1.29 is 4.74 Å². The number of benzene rings is 1. The average molecular weight is 294 g/mol. The minimum atomic E-state index is 0.206. The van der Waals surface area contributed by atoms with Gasteiger partial charge in [0.15, 0.2) is 0 Å². The van der Waals surface area contributed by atoms with E-state index in [0.29, 0.717) is 16.6 Å². The Kier molecular flexibility index (Phi) is 3.97. The zero-order valence-corrected chi connectivity index (χ0v) is 12.0. The van der Waals surface area contributed by atoms with Gasteiger partial charge in [0.1, 0.15) is 16.4 Å². The van der Waals surface area contributed by atoms with E-state index in [1.807, 2.05) is 26.0 Å². The molecule has 0 aliphatic heterocycles. The summed E-state index contributed by atoms with van der Waals surface area (Å²) in [6, 6.07) is 3.67. The maximum atomic E-state index is 5.97. The number of ether oxygens (including phenoxy) is 1. The Morgan fingerprint density at radius 2 is 1.84 bits per heavy atom. The van der Waals surface area contributed by atoms with Crippen LogP contribution in [0.3, 0.4) is 0 Å². The van der Waals surface area contributed by atoms with Crippen molar-refractivity contribution in [2.75, 3.05) is 0 Å². The van der Waals surface area contributed by atoms with Crippen LogP contribution in [0.2, 0.25) is 5.02 Å². The van der Waals surface area contributed by atoms with Crippen LogP contribution >= 0.6 is 23.8 Å². The summed E-state index contributed by atoms with van der Waals surface area (Å²) in [4.78, 5) is 8.39. The molecule has 0 atom stereocenters. The number of hydrogen-bond donors (Lipinski definition) is 1. The summed E-state index contributed by atoms with van der Waals surface area (Å²) in [6.07, 6.45) is 2.97. The van der Waals surface area contributed by atoms with E-state index in [0.717, 1.165) is 16.9 Å². The lowest BCUT2D eigenvalue weighted by Gasteiger charge is -2.11. The Labute approximate surface area is 121 Å². The second-order valence-corrected chi connectivity index (χ2v) is 4.95. The van der Waals surface area contributed by atoms with Crippen LogP contribution in [0.4, 0.5) is 0 Å². The normalized spacial score (nSPS) is 10.3. The number of nitrogens with two attached hydrogens (primary N) is 1.